The molecule has 0 unspecified atom stereocenters. The lowest BCUT2D eigenvalue weighted by Crippen LogP contribution is -2.34. The molecule has 3 heterocycles. The number of aromatic nitrogens is 2. The Morgan fingerprint density at radius 3 is 2.52 bits per heavy atom. The minimum atomic E-state index is -4.87. The lowest BCUT2D eigenvalue weighted by atomic mass is 9.97. The summed E-state index contributed by atoms with van der Waals surface area (Å²) in [5.74, 6) is -1.29. The maximum atomic E-state index is 13.0. The molecule has 172 valence electrons. The Hall–Kier alpha value is -2.71. The maximum Gasteiger partial charge on any atom is 0.454 e. The van der Waals surface area contributed by atoms with Crippen molar-refractivity contribution in [1.82, 2.24) is 14.5 Å². The molecule has 0 spiro atoms. The maximum absolute atomic E-state index is 13.0. The van der Waals surface area contributed by atoms with Crippen LogP contribution in [0.15, 0.2) is 54.7 Å². The second-order valence-corrected chi connectivity index (χ2v) is 9.63. The van der Waals surface area contributed by atoms with Gasteiger partial charge in [-0.05, 0) is 57.1 Å². The minimum Gasteiger partial charge on any atom is -0.347 e. The van der Waals surface area contributed by atoms with Crippen LogP contribution in [0.5, 0.6) is 0 Å². The number of ketones is 1. The van der Waals surface area contributed by atoms with Gasteiger partial charge < -0.3 is 9.47 Å². The van der Waals surface area contributed by atoms with Gasteiger partial charge in [-0.2, -0.15) is 13.2 Å². The van der Waals surface area contributed by atoms with E-state index in [9.17, 15) is 18.0 Å². The van der Waals surface area contributed by atoms with E-state index in [1.54, 1.807) is 40.2 Å². The third-order valence-corrected chi connectivity index (χ3v) is 7.61. The minimum absolute atomic E-state index is 0.269. The fourth-order valence-electron chi connectivity index (χ4n) is 4.70. The zero-order valence-electron chi connectivity index (χ0n) is 18.0. The van der Waals surface area contributed by atoms with Crippen LogP contribution >= 0.6 is 11.3 Å². The van der Waals surface area contributed by atoms with Gasteiger partial charge >= 0.3 is 6.18 Å². The van der Waals surface area contributed by atoms with E-state index in [1.165, 1.54) is 15.9 Å². The summed E-state index contributed by atoms with van der Waals surface area (Å²) in [4.78, 5) is 19.1. The highest BCUT2D eigenvalue weighted by Crippen LogP contribution is 2.34. The number of carbonyl (C=O) groups is 1. The number of fused-ring (bicyclic) bond motifs is 2. The molecule has 2 aromatic carbocycles. The van der Waals surface area contributed by atoms with E-state index >= 15 is 0 Å². The molecule has 0 radical (unpaired) electrons. The molecule has 2 aromatic heterocycles. The highest BCUT2D eigenvalue weighted by Gasteiger charge is 2.40. The lowest BCUT2D eigenvalue weighted by Gasteiger charge is -2.31. The van der Waals surface area contributed by atoms with Crippen LogP contribution in [0.3, 0.4) is 0 Å². The van der Waals surface area contributed by atoms with E-state index in [0.29, 0.717) is 23.4 Å². The van der Waals surface area contributed by atoms with Crippen LogP contribution in [0.25, 0.3) is 21.1 Å². The van der Waals surface area contributed by atoms with Gasteiger partial charge in [0, 0.05) is 29.6 Å². The average Bonchev–Trinajstić information content (AvgIpc) is 3.40. The Balaban J connectivity index is 1.19. The highest BCUT2D eigenvalue weighted by atomic mass is 32.1. The number of halogens is 3. The van der Waals surface area contributed by atoms with Crippen molar-refractivity contribution in [3.63, 3.8) is 0 Å². The normalized spacial score (nSPS) is 16.1. The molecule has 0 atom stereocenters. The molecule has 5 rings (SSSR count). The van der Waals surface area contributed by atoms with Gasteiger partial charge in [-0.1, -0.05) is 30.3 Å². The smallest absolute Gasteiger partial charge is 0.347 e. The molecule has 0 N–H and O–H groups in total. The lowest BCUT2D eigenvalue weighted by molar-refractivity contribution is -0.0884. The number of hydrogen-bond acceptors (Lipinski definition) is 4. The van der Waals surface area contributed by atoms with Crippen molar-refractivity contribution in [3.8, 4) is 0 Å². The average molecular weight is 472 g/mol. The molecule has 0 saturated carbocycles. The van der Waals surface area contributed by atoms with Crippen LogP contribution in [-0.2, 0) is 6.54 Å². The van der Waals surface area contributed by atoms with Crippen LogP contribution in [0.2, 0.25) is 0 Å². The summed E-state index contributed by atoms with van der Waals surface area (Å²) < 4.78 is 42.1. The predicted molar refractivity (Wildman–Crippen MR) is 125 cm³/mol. The summed E-state index contributed by atoms with van der Waals surface area (Å²) in [7, 11) is 0. The largest absolute Gasteiger partial charge is 0.454 e. The van der Waals surface area contributed by atoms with Gasteiger partial charge in [-0.15, -0.1) is 11.3 Å². The van der Waals surface area contributed by atoms with Crippen molar-refractivity contribution in [2.75, 3.05) is 19.6 Å². The van der Waals surface area contributed by atoms with E-state index in [4.69, 9.17) is 4.98 Å². The number of likely N-dealkylation sites (tertiary alicyclic amines) is 1. The van der Waals surface area contributed by atoms with Crippen LogP contribution < -0.4 is 0 Å². The highest BCUT2D eigenvalue weighted by molar-refractivity contribution is 7.18. The number of hydrogen-bond donors (Lipinski definition) is 0. The first-order valence-corrected chi connectivity index (χ1v) is 12.0. The van der Waals surface area contributed by atoms with E-state index in [1.807, 2.05) is 12.1 Å². The number of piperidine rings is 1. The van der Waals surface area contributed by atoms with Crippen molar-refractivity contribution in [2.24, 2.45) is 0 Å². The van der Waals surface area contributed by atoms with Crippen molar-refractivity contribution in [1.29, 1.82) is 0 Å². The van der Waals surface area contributed by atoms with Gasteiger partial charge in [-0.3, -0.25) is 4.79 Å². The van der Waals surface area contributed by atoms with E-state index < -0.39 is 12.0 Å². The Kier molecular flexibility index (Phi) is 5.97. The fraction of sp³-hybridized carbons (Fsp3) is 0.360. The fourth-order valence-corrected chi connectivity index (χ4v) is 5.83. The number of para-hydroxylation sites is 2. The summed E-state index contributed by atoms with van der Waals surface area (Å²) in [6.45, 7) is 3.43. The topological polar surface area (TPSA) is 38.1 Å². The summed E-state index contributed by atoms with van der Waals surface area (Å²) in [5, 5.41) is 1.58. The van der Waals surface area contributed by atoms with Crippen molar-refractivity contribution >= 4 is 38.2 Å². The van der Waals surface area contributed by atoms with E-state index in [0.717, 1.165) is 44.4 Å². The second-order valence-electron chi connectivity index (χ2n) is 8.57. The molecule has 4 nitrogen and oxygen atoms in total. The molecule has 1 aliphatic rings. The van der Waals surface area contributed by atoms with Crippen LogP contribution in [-0.4, -0.2) is 46.0 Å². The number of Topliss-reactive ketones (excluding diaryl/α,β-unsaturated/α-hetero) is 1. The molecule has 33 heavy (non-hydrogen) atoms. The van der Waals surface area contributed by atoms with Gasteiger partial charge in [0.25, 0.3) is 5.78 Å². The first kappa shape index (κ1) is 22.1. The number of thiazole rings is 1. The standard InChI is InChI=1S/C25H24F3N3OS/c26-25(27,28)23(32)19-16-31(21-8-3-1-6-18(19)21)13-5-12-30-14-10-17(11-15-30)24-29-20-7-2-4-9-22(20)33-24/h1-4,6-9,16-17H,5,10-15H2. The second kappa shape index (κ2) is 8.91. The molecule has 0 aliphatic carbocycles. The van der Waals surface area contributed by atoms with Gasteiger partial charge in [-0.25, -0.2) is 4.98 Å². The molecule has 1 fully saturated rings. The van der Waals surface area contributed by atoms with Gasteiger partial charge in [0.15, 0.2) is 0 Å². The summed E-state index contributed by atoms with van der Waals surface area (Å²) in [6, 6.07) is 15.0. The number of benzene rings is 2. The molecular weight excluding hydrogens is 447 g/mol. The molecule has 0 bridgehead atoms. The van der Waals surface area contributed by atoms with E-state index in [-0.39, 0.29) is 5.56 Å². The number of aryl methyl sites for hydroxylation is 1. The first-order chi connectivity index (χ1) is 15.9. The SMILES string of the molecule is O=C(c1cn(CCCN2CCC(c3nc4ccccc4s3)CC2)c2ccccc12)C(F)(F)F. The van der Waals surface area contributed by atoms with Gasteiger partial charge in [0.2, 0.25) is 0 Å². The number of carbonyl (C=O) groups excluding carboxylic acids is 1. The summed E-state index contributed by atoms with van der Waals surface area (Å²) in [5.41, 5.74) is 1.47. The Morgan fingerprint density at radius 2 is 1.76 bits per heavy atom. The van der Waals surface area contributed by atoms with Gasteiger partial charge in [0.1, 0.15) is 0 Å². The van der Waals surface area contributed by atoms with Gasteiger partial charge in [0.05, 0.1) is 20.8 Å². The Labute approximate surface area is 193 Å². The predicted octanol–water partition coefficient (Wildman–Crippen LogP) is 6.27. The monoisotopic (exact) mass is 471 g/mol. The van der Waals surface area contributed by atoms with Crippen LogP contribution in [0, 0.1) is 0 Å². The molecule has 1 aliphatic heterocycles. The third-order valence-electron chi connectivity index (χ3n) is 6.41. The first-order valence-electron chi connectivity index (χ1n) is 11.2. The molecule has 4 aromatic rings. The molecule has 1 saturated heterocycles. The van der Waals surface area contributed by atoms with Crippen LogP contribution in [0.4, 0.5) is 13.2 Å². The van der Waals surface area contributed by atoms with Crippen molar-refractivity contribution in [2.45, 2.75) is 37.9 Å². The zero-order chi connectivity index (χ0) is 23.0. The molecule has 8 heteroatoms. The van der Waals surface area contributed by atoms with Crippen molar-refractivity contribution in [3.05, 3.63) is 65.3 Å². The quantitative estimate of drug-likeness (QED) is 0.311. The third kappa shape index (κ3) is 4.54. The number of alkyl halides is 3. The summed E-state index contributed by atoms with van der Waals surface area (Å²) >= 11 is 1.79. The van der Waals surface area contributed by atoms with Crippen LogP contribution in [0.1, 0.15) is 40.5 Å². The number of rotatable bonds is 6. The molecule has 0 amide bonds. The zero-order valence-corrected chi connectivity index (χ0v) is 18.8. The van der Waals surface area contributed by atoms with E-state index in [2.05, 4.69) is 17.0 Å². The summed E-state index contributed by atoms with van der Waals surface area (Å²) in [6.07, 6.45) is -0.570. The Morgan fingerprint density at radius 1 is 1.03 bits per heavy atom. The number of nitrogens with zero attached hydrogens (tertiary/aromatic N) is 3. The Bertz CT molecular complexity index is 1250. The molecular formula is C25H24F3N3OS. The van der Waals surface area contributed by atoms with Crippen molar-refractivity contribution < 1.29 is 18.0 Å².